The SMILES string of the molecule is C#CCc1cc(CC2(C(=O)O)C(C)(C)C2(C)C)c(C)o1. The molecule has 1 saturated carbocycles. The van der Waals surface area contributed by atoms with E-state index >= 15 is 0 Å². The summed E-state index contributed by atoms with van der Waals surface area (Å²) in [5, 5.41) is 9.77. The average molecular weight is 274 g/mol. The van der Waals surface area contributed by atoms with Gasteiger partial charge in [0.1, 0.15) is 11.5 Å². The molecule has 1 aliphatic carbocycles. The normalized spacial score (nSPS) is 21.2. The van der Waals surface area contributed by atoms with E-state index < -0.39 is 11.4 Å². The van der Waals surface area contributed by atoms with E-state index in [0.29, 0.717) is 12.8 Å². The fraction of sp³-hybridized carbons (Fsp3) is 0.588. The Morgan fingerprint density at radius 3 is 2.30 bits per heavy atom. The zero-order valence-electron chi connectivity index (χ0n) is 12.8. The van der Waals surface area contributed by atoms with E-state index in [-0.39, 0.29) is 10.8 Å². The second kappa shape index (κ2) is 4.15. The summed E-state index contributed by atoms with van der Waals surface area (Å²) in [4.78, 5) is 11.9. The summed E-state index contributed by atoms with van der Waals surface area (Å²) in [6, 6.07) is 1.91. The van der Waals surface area contributed by atoms with E-state index in [2.05, 4.69) is 5.92 Å². The van der Waals surface area contributed by atoms with E-state index in [1.165, 1.54) is 0 Å². The molecular formula is C17H22O3. The minimum absolute atomic E-state index is 0.248. The van der Waals surface area contributed by atoms with Crippen LogP contribution in [0.1, 0.15) is 44.8 Å². The van der Waals surface area contributed by atoms with Crippen LogP contribution in [0.2, 0.25) is 0 Å². The number of carbonyl (C=O) groups is 1. The maximum Gasteiger partial charge on any atom is 0.311 e. The molecule has 0 saturated heterocycles. The van der Waals surface area contributed by atoms with Gasteiger partial charge >= 0.3 is 5.97 Å². The molecule has 1 aromatic rings. The number of aryl methyl sites for hydroxylation is 1. The van der Waals surface area contributed by atoms with Gasteiger partial charge in [-0.2, -0.15) is 0 Å². The number of rotatable bonds is 4. The minimum Gasteiger partial charge on any atom is -0.481 e. The van der Waals surface area contributed by atoms with Crippen LogP contribution in [0.3, 0.4) is 0 Å². The van der Waals surface area contributed by atoms with E-state index in [4.69, 9.17) is 10.8 Å². The van der Waals surface area contributed by atoms with Crippen molar-refractivity contribution < 1.29 is 14.3 Å². The molecule has 1 heterocycles. The fourth-order valence-electron chi connectivity index (χ4n) is 3.72. The van der Waals surface area contributed by atoms with E-state index in [9.17, 15) is 9.90 Å². The minimum atomic E-state index is -0.748. The highest BCUT2D eigenvalue weighted by Crippen LogP contribution is 2.79. The van der Waals surface area contributed by atoms with Gasteiger partial charge in [0.2, 0.25) is 0 Å². The number of terminal acetylenes is 1. The van der Waals surface area contributed by atoms with Crippen LogP contribution in [0, 0.1) is 35.5 Å². The molecule has 108 valence electrons. The van der Waals surface area contributed by atoms with Gasteiger partial charge in [0.15, 0.2) is 0 Å². The second-order valence-electron chi connectivity index (χ2n) is 6.81. The number of furan rings is 1. The first-order chi connectivity index (χ1) is 9.11. The Hall–Kier alpha value is -1.69. The zero-order valence-corrected chi connectivity index (χ0v) is 12.8. The van der Waals surface area contributed by atoms with Crippen LogP contribution in [0.15, 0.2) is 10.5 Å². The molecule has 0 aliphatic heterocycles. The maximum absolute atomic E-state index is 11.9. The summed E-state index contributed by atoms with van der Waals surface area (Å²) < 4.78 is 5.61. The molecule has 0 bridgehead atoms. The first-order valence-corrected chi connectivity index (χ1v) is 6.87. The van der Waals surface area contributed by atoms with Crippen LogP contribution < -0.4 is 0 Å². The number of hydrogen-bond donors (Lipinski definition) is 1. The summed E-state index contributed by atoms with van der Waals surface area (Å²) in [6.45, 7) is 9.98. The quantitative estimate of drug-likeness (QED) is 0.856. The Balaban J connectivity index is 2.38. The highest BCUT2D eigenvalue weighted by atomic mass is 16.4. The fourth-order valence-corrected chi connectivity index (χ4v) is 3.72. The summed E-state index contributed by atoms with van der Waals surface area (Å²) >= 11 is 0. The largest absolute Gasteiger partial charge is 0.481 e. The third-order valence-corrected chi connectivity index (χ3v) is 5.80. The van der Waals surface area contributed by atoms with Gasteiger partial charge in [-0.3, -0.25) is 4.79 Å². The van der Waals surface area contributed by atoms with Crippen molar-refractivity contribution in [3.63, 3.8) is 0 Å². The van der Waals surface area contributed by atoms with Gasteiger partial charge in [0.05, 0.1) is 11.8 Å². The lowest BCUT2D eigenvalue weighted by atomic mass is 9.87. The molecule has 1 fully saturated rings. The van der Waals surface area contributed by atoms with Crippen molar-refractivity contribution in [2.24, 2.45) is 16.2 Å². The second-order valence-corrected chi connectivity index (χ2v) is 6.81. The first kappa shape index (κ1) is 14.7. The molecule has 1 N–H and O–H groups in total. The molecule has 1 aliphatic rings. The molecule has 0 amide bonds. The highest BCUT2D eigenvalue weighted by Gasteiger charge is 2.81. The van der Waals surface area contributed by atoms with Gasteiger partial charge in [0.25, 0.3) is 0 Å². The molecule has 0 radical (unpaired) electrons. The van der Waals surface area contributed by atoms with Gasteiger partial charge in [-0.15, -0.1) is 6.42 Å². The monoisotopic (exact) mass is 274 g/mol. The molecule has 2 rings (SSSR count). The lowest BCUT2D eigenvalue weighted by Crippen LogP contribution is -2.25. The van der Waals surface area contributed by atoms with Crippen LogP contribution in [0.25, 0.3) is 0 Å². The van der Waals surface area contributed by atoms with Crippen molar-refractivity contribution in [2.45, 2.75) is 47.5 Å². The number of carboxylic acids is 1. The molecule has 0 atom stereocenters. The molecule has 3 heteroatoms. The van der Waals surface area contributed by atoms with Crippen LogP contribution in [-0.4, -0.2) is 11.1 Å². The van der Waals surface area contributed by atoms with Crippen LogP contribution in [0.4, 0.5) is 0 Å². The van der Waals surface area contributed by atoms with E-state index in [0.717, 1.165) is 17.1 Å². The number of hydrogen-bond acceptors (Lipinski definition) is 2. The highest BCUT2D eigenvalue weighted by molar-refractivity contribution is 5.82. The summed E-state index contributed by atoms with van der Waals surface area (Å²) in [5.74, 6) is 3.32. The maximum atomic E-state index is 11.9. The van der Waals surface area contributed by atoms with Gasteiger partial charge in [-0.25, -0.2) is 0 Å². The lowest BCUT2D eigenvalue weighted by Gasteiger charge is -2.16. The number of aliphatic carboxylic acids is 1. The summed E-state index contributed by atoms with van der Waals surface area (Å²) in [6.07, 6.45) is 6.22. The van der Waals surface area contributed by atoms with Gasteiger partial charge in [-0.05, 0) is 35.8 Å². The van der Waals surface area contributed by atoms with Crippen LogP contribution in [0.5, 0.6) is 0 Å². The molecule has 1 aromatic heterocycles. The van der Waals surface area contributed by atoms with E-state index in [1.54, 1.807) is 0 Å². The van der Waals surface area contributed by atoms with Crippen molar-refractivity contribution >= 4 is 5.97 Å². The Bertz CT molecular complexity index is 582. The molecule has 3 nitrogen and oxygen atoms in total. The third-order valence-electron chi connectivity index (χ3n) is 5.80. The molecular weight excluding hydrogens is 252 g/mol. The molecule has 20 heavy (non-hydrogen) atoms. The summed E-state index contributed by atoms with van der Waals surface area (Å²) in [5.41, 5.74) is -0.289. The zero-order chi connectivity index (χ0) is 15.3. The molecule has 0 spiro atoms. The van der Waals surface area contributed by atoms with Gasteiger partial charge < -0.3 is 9.52 Å². The van der Waals surface area contributed by atoms with Crippen molar-refractivity contribution in [2.75, 3.05) is 0 Å². The first-order valence-electron chi connectivity index (χ1n) is 6.87. The smallest absolute Gasteiger partial charge is 0.311 e. The van der Waals surface area contributed by atoms with E-state index in [1.807, 2.05) is 40.7 Å². The van der Waals surface area contributed by atoms with Crippen molar-refractivity contribution in [1.29, 1.82) is 0 Å². The lowest BCUT2D eigenvalue weighted by molar-refractivity contribution is -0.145. The Kier molecular flexibility index (Phi) is 3.05. The van der Waals surface area contributed by atoms with Crippen molar-refractivity contribution in [3.05, 3.63) is 23.2 Å². The number of carboxylic acid groups (broad SMARTS) is 1. The molecule has 0 aromatic carbocycles. The van der Waals surface area contributed by atoms with Crippen LogP contribution in [-0.2, 0) is 17.6 Å². The summed E-state index contributed by atoms with van der Waals surface area (Å²) in [7, 11) is 0. The molecule has 0 unspecified atom stereocenters. The van der Waals surface area contributed by atoms with Crippen molar-refractivity contribution in [1.82, 2.24) is 0 Å². The topological polar surface area (TPSA) is 50.4 Å². The Morgan fingerprint density at radius 2 is 1.90 bits per heavy atom. The Labute approximate surface area is 120 Å². The van der Waals surface area contributed by atoms with Crippen molar-refractivity contribution in [3.8, 4) is 12.3 Å². The van der Waals surface area contributed by atoms with Gasteiger partial charge in [0, 0.05) is 0 Å². The predicted octanol–water partition coefficient (Wildman–Crippen LogP) is 3.44. The predicted molar refractivity (Wildman–Crippen MR) is 77.3 cm³/mol. The standard InChI is InChI=1S/C17H22O3/c1-7-8-13-9-12(11(2)20-13)10-17(14(18)19)15(3,4)16(17,5)6/h1,9H,8,10H2,2-6H3,(H,18,19). The van der Waals surface area contributed by atoms with Gasteiger partial charge in [-0.1, -0.05) is 33.6 Å². The third kappa shape index (κ3) is 1.57. The Morgan fingerprint density at radius 1 is 1.35 bits per heavy atom. The van der Waals surface area contributed by atoms with Crippen LogP contribution >= 0.6 is 0 Å². The average Bonchev–Trinajstić information content (AvgIpc) is 2.58.